The summed E-state index contributed by atoms with van der Waals surface area (Å²) in [4.78, 5) is 12.4. The predicted molar refractivity (Wildman–Crippen MR) is 67.7 cm³/mol. The maximum atomic E-state index is 12.4. The SMILES string of the molecule is CC1C(O)OC23C=CCC(C)C2(C)C1C(=O)CC3. The first-order chi connectivity index (χ1) is 8.42. The Bertz CT molecular complexity index is 416. The van der Waals surface area contributed by atoms with Gasteiger partial charge >= 0.3 is 0 Å². The zero-order valence-corrected chi connectivity index (χ0v) is 11.3. The van der Waals surface area contributed by atoms with E-state index in [9.17, 15) is 9.90 Å². The highest BCUT2D eigenvalue weighted by atomic mass is 16.6. The lowest BCUT2D eigenvalue weighted by Crippen LogP contribution is -2.68. The van der Waals surface area contributed by atoms with Crippen molar-refractivity contribution < 1.29 is 14.6 Å². The zero-order valence-electron chi connectivity index (χ0n) is 11.3. The molecule has 1 aliphatic heterocycles. The van der Waals surface area contributed by atoms with E-state index in [0.717, 1.165) is 6.42 Å². The van der Waals surface area contributed by atoms with Gasteiger partial charge < -0.3 is 9.84 Å². The Kier molecular flexibility index (Phi) is 2.52. The second-order valence-corrected chi connectivity index (χ2v) is 6.52. The first-order valence-electron chi connectivity index (χ1n) is 6.99. The van der Waals surface area contributed by atoms with Crippen molar-refractivity contribution in [1.82, 2.24) is 0 Å². The number of aliphatic hydroxyl groups is 1. The molecule has 2 aliphatic carbocycles. The highest BCUT2D eigenvalue weighted by Gasteiger charge is 2.66. The molecule has 0 aromatic carbocycles. The van der Waals surface area contributed by atoms with Crippen molar-refractivity contribution in [3.05, 3.63) is 12.2 Å². The summed E-state index contributed by atoms with van der Waals surface area (Å²) >= 11 is 0. The molecule has 3 heteroatoms. The van der Waals surface area contributed by atoms with Crippen molar-refractivity contribution >= 4 is 5.78 Å². The average molecular weight is 250 g/mol. The van der Waals surface area contributed by atoms with Gasteiger partial charge in [-0.05, 0) is 18.8 Å². The smallest absolute Gasteiger partial charge is 0.159 e. The standard InChI is InChI=1S/C15H22O3/c1-9-5-4-7-15-8-6-11(16)12(14(9,15)3)10(2)13(17)18-15/h4,7,9-10,12-13,17H,5-6,8H2,1-3H3. The van der Waals surface area contributed by atoms with Gasteiger partial charge in [0, 0.05) is 23.7 Å². The minimum atomic E-state index is -0.817. The van der Waals surface area contributed by atoms with Crippen LogP contribution in [-0.2, 0) is 9.53 Å². The second kappa shape index (κ2) is 3.67. The summed E-state index contributed by atoms with van der Waals surface area (Å²) in [5.41, 5.74) is -0.606. The van der Waals surface area contributed by atoms with Gasteiger partial charge in [-0.3, -0.25) is 4.79 Å². The number of ketones is 1. The van der Waals surface area contributed by atoms with Gasteiger partial charge in [0.15, 0.2) is 6.29 Å². The maximum Gasteiger partial charge on any atom is 0.159 e. The van der Waals surface area contributed by atoms with Crippen LogP contribution in [0.5, 0.6) is 0 Å². The van der Waals surface area contributed by atoms with Crippen molar-refractivity contribution in [3.8, 4) is 0 Å². The van der Waals surface area contributed by atoms with E-state index in [2.05, 4.69) is 26.0 Å². The molecule has 0 aromatic heterocycles. The molecular weight excluding hydrogens is 228 g/mol. The topological polar surface area (TPSA) is 46.5 Å². The van der Waals surface area contributed by atoms with E-state index in [1.807, 2.05) is 6.92 Å². The number of rotatable bonds is 0. The number of hydrogen-bond acceptors (Lipinski definition) is 3. The van der Waals surface area contributed by atoms with Gasteiger partial charge in [-0.15, -0.1) is 0 Å². The van der Waals surface area contributed by atoms with Gasteiger partial charge in [-0.2, -0.15) is 0 Å². The zero-order chi connectivity index (χ0) is 13.1. The first-order valence-corrected chi connectivity index (χ1v) is 6.99. The summed E-state index contributed by atoms with van der Waals surface area (Å²) in [6.07, 6.45) is 5.73. The molecule has 1 N–H and O–H groups in total. The molecule has 0 spiro atoms. The van der Waals surface area contributed by atoms with Gasteiger partial charge in [-0.1, -0.05) is 32.9 Å². The van der Waals surface area contributed by atoms with E-state index < -0.39 is 11.9 Å². The van der Waals surface area contributed by atoms with E-state index in [1.54, 1.807) is 0 Å². The van der Waals surface area contributed by atoms with Gasteiger partial charge in [0.1, 0.15) is 5.78 Å². The highest BCUT2D eigenvalue weighted by Crippen LogP contribution is 2.62. The second-order valence-electron chi connectivity index (χ2n) is 6.52. The molecule has 100 valence electrons. The monoisotopic (exact) mass is 250 g/mol. The molecule has 1 saturated carbocycles. The van der Waals surface area contributed by atoms with Gasteiger partial charge in [0.25, 0.3) is 0 Å². The predicted octanol–water partition coefficient (Wildman–Crippen LogP) is 2.29. The van der Waals surface area contributed by atoms with Crippen LogP contribution in [0.2, 0.25) is 0 Å². The molecule has 1 saturated heterocycles. The highest BCUT2D eigenvalue weighted by molar-refractivity contribution is 5.84. The number of allylic oxidation sites excluding steroid dienone is 1. The third kappa shape index (κ3) is 1.24. The Morgan fingerprint density at radius 3 is 2.89 bits per heavy atom. The molecule has 0 radical (unpaired) electrons. The first kappa shape index (κ1) is 12.4. The third-order valence-electron chi connectivity index (χ3n) is 5.85. The summed E-state index contributed by atoms with van der Waals surface area (Å²) in [7, 11) is 0. The number of ether oxygens (including phenoxy) is 1. The van der Waals surface area contributed by atoms with Crippen LogP contribution in [0.3, 0.4) is 0 Å². The summed E-state index contributed by atoms with van der Waals surface area (Å²) in [6.45, 7) is 6.33. The van der Waals surface area contributed by atoms with Crippen LogP contribution in [0.1, 0.15) is 40.0 Å². The van der Waals surface area contributed by atoms with Crippen LogP contribution < -0.4 is 0 Å². The van der Waals surface area contributed by atoms with Crippen molar-refractivity contribution in [2.24, 2.45) is 23.2 Å². The molecule has 18 heavy (non-hydrogen) atoms. The van der Waals surface area contributed by atoms with E-state index in [-0.39, 0.29) is 17.3 Å². The average Bonchev–Trinajstić information content (AvgIpc) is 2.31. The number of carbonyl (C=O) groups excluding carboxylic acids is 1. The normalized spacial score (nSPS) is 55.2. The molecule has 6 atom stereocenters. The molecule has 6 unspecified atom stereocenters. The molecule has 0 aromatic rings. The van der Waals surface area contributed by atoms with Gasteiger partial charge in [0.05, 0.1) is 5.60 Å². The summed E-state index contributed by atoms with van der Waals surface area (Å²) in [5, 5.41) is 10.1. The number of hydrogen-bond donors (Lipinski definition) is 1. The fourth-order valence-electron chi connectivity index (χ4n) is 4.58. The van der Waals surface area contributed by atoms with E-state index in [0.29, 0.717) is 24.5 Å². The van der Waals surface area contributed by atoms with Gasteiger partial charge in [0.2, 0.25) is 0 Å². The Hall–Kier alpha value is -0.670. The van der Waals surface area contributed by atoms with Crippen molar-refractivity contribution in [2.75, 3.05) is 0 Å². The molecule has 0 amide bonds. The Labute approximate surface area is 108 Å². The summed E-state index contributed by atoms with van der Waals surface area (Å²) in [6, 6.07) is 0. The molecule has 1 heterocycles. The fraction of sp³-hybridized carbons (Fsp3) is 0.800. The summed E-state index contributed by atoms with van der Waals surface area (Å²) < 4.78 is 6.00. The van der Waals surface area contributed by atoms with Crippen LogP contribution in [0, 0.1) is 23.2 Å². The van der Waals surface area contributed by atoms with Crippen molar-refractivity contribution in [2.45, 2.75) is 51.9 Å². The number of aliphatic hydroxyl groups excluding tert-OH is 1. The molecule has 2 bridgehead atoms. The Morgan fingerprint density at radius 2 is 2.17 bits per heavy atom. The van der Waals surface area contributed by atoms with Crippen molar-refractivity contribution in [3.63, 3.8) is 0 Å². The minimum absolute atomic E-state index is 0.0741. The summed E-state index contributed by atoms with van der Waals surface area (Å²) in [5.74, 6) is 0.539. The lowest BCUT2D eigenvalue weighted by molar-refractivity contribution is -0.306. The molecule has 2 fully saturated rings. The van der Waals surface area contributed by atoms with E-state index >= 15 is 0 Å². The molecule has 3 aliphatic rings. The lowest BCUT2D eigenvalue weighted by atomic mass is 9.47. The third-order valence-corrected chi connectivity index (χ3v) is 5.85. The van der Waals surface area contributed by atoms with Gasteiger partial charge in [-0.25, -0.2) is 0 Å². The Balaban J connectivity index is 2.17. The largest absolute Gasteiger partial charge is 0.368 e. The van der Waals surface area contributed by atoms with Crippen molar-refractivity contribution in [1.29, 1.82) is 0 Å². The fourth-order valence-corrected chi connectivity index (χ4v) is 4.58. The van der Waals surface area contributed by atoms with E-state index in [1.165, 1.54) is 0 Å². The van der Waals surface area contributed by atoms with Crippen LogP contribution in [0.25, 0.3) is 0 Å². The van der Waals surface area contributed by atoms with Crippen LogP contribution in [0.15, 0.2) is 12.2 Å². The quantitative estimate of drug-likeness (QED) is 0.671. The van der Waals surface area contributed by atoms with Crippen LogP contribution >= 0.6 is 0 Å². The minimum Gasteiger partial charge on any atom is -0.368 e. The molecule has 3 nitrogen and oxygen atoms in total. The Morgan fingerprint density at radius 1 is 1.44 bits per heavy atom. The van der Waals surface area contributed by atoms with Crippen LogP contribution in [-0.4, -0.2) is 22.8 Å². The van der Waals surface area contributed by atoms with Crippen LogP contribution in [0.4, 0.5) is 0 Å². The maximum absolute atomic E-state index is 12.4. The number of Topliss-reactive ketones (excluding diaryl/α,β-unsaturated/α-hetero) is 1. The molecular formula is C15H22O3. The number of carbonyl (C=O) groups is 1. The lowest BCUT2D eigenvalue weighted by Gasteiger charge is -2.63. The molecule has 3 rings (SSSR count). The van der Waals surface area contributed by atoms with E-state index in [4.69, 9.17) is 4.74 Å².